The van der Waals surface area contributed by atoms with Crippen molar-refractivity contribution in [3.05, 3.63) is 59.2 Å². The summed E-state index contributed by atoms with van der Waals surface area (Å²) in [5.41, 5.74) is 4.40. The lowest BCUT2D eigenvalue weighted by Crippen LogP contribution is -2.40. The van der Waals surface area contributed by atoms with Crippen molar-refractivity contribution in [1.29, 1.82) is 0 Å². The van der Waals surface area contributed by atoms with E-state index < -0.39 is 5.54 Å². The number of hydrogen-bond acceptors (Lipinski definition) is 5. The normalized spacial score (nSPS) is 31.4. The summed E-state index contributed by atoms with van der Waals surface area (Å²) in [6.07, 6.45) is 1.81. The first-order valence-corrected chi connectivity index (χ1v) is 11.0. The number of anilines is 1. The summed E-state index contributed by atoms with van der Waals surface area (Å²) in [6, 6.07) is 9.99. The highest BCUT2D eigenvalue weighted by Crippen LogP contribution is 2.62. The molecule has 1 aromatic carbocycles. The third-order valence-corrected chi connectivity index (χ3v) is 7.46. The van der Waals surface area contributed by atoms with Crippen molar-refractivity contribution in [3.8, 4) is 11.1 Å². The van der Waals surface area contributed by atoms with Crippen LogP contribution in [0.4, 0.5) is 10.5 Å². The molecule has 1 aliphatic carbocycles. The number of rotatable bonds is 4. The molecule has 3 fully saturated rings. The largest absolute Gasteiger partial charge is 0.442 e. The van der Waals surface area contributed by atoms with E-state index in [9.17, 15) is 9.59 Å². The molecule has 8 nitrogen and oxygen atoms in total. The second-order valence-corrected chi connectivity index (χ2v) is 9.08. The van der Waals surface area contributed by atoms with Crippen LogP contribution in [0.5, 0.6) is 0 Å². The van der Waals surface area contributed by atoms with E-state index in [0.29, 0.717) is 24.8 Å². The van der Waals surface area contributed by atoms with Gasteiger partial charge < -0.3 is 20.2 Å². The van der Waals surface area contributed by atoms with Gasteiger partial charge in [0.15, 0.2) is 0 Å². The standard InChI is InChI=1S/C24H23N5O3/c1-13(30)27-12-21-20-8-16-7-14(3-5-19(16)29(20)23(31)32-21)15-4-6-22(28-9-15)24(25-2)17-10-26-11-18(17)24/h3-7,9,17-18,20-21,26H,8,10-12H2,1H3,(H,27,30)/t17-,18+,20-,21-,24-/m0/s1. The minimum atomic E-state index is -0.449. The van der Waals surface area contributed by atoms with Crippen molar-refractivity contribution in [3.63, 3.8) is 0 Å². The number of cyclic esters (lactones) is 1. The molecule has 4 heterocycles. The number of hydrogen-bond donors (Lipinski definition) is 2. The van der Waals surface area contributed by atoms with Crippen molar-refractivity contribution < 1.29 is 14.3 Å². The minimum Gasteiger partial charge on any atom is -0.442 e. The van der Waals surface area contributed by atoms with Gasteiger partial charge in [-0.3, -0.25) is 14.7 Å². The van der Waals surface area contributed by atoms with Crippen molar-refractivity contribution in [2.75, 3.05) is 24.5 Å². The third-order valence-electron chi connectivity index (χ3n) is 7.46. The molecule has 0 bridgehead atoms. The van der Waals surface area contributed by atoms with Crippen LogP contribution in [0, 0.1) is 18.4 Å². The number of carbonyl (C=O) groups is 2. The van der Waals surface area contributed by atoms with Gasteiger partial charge in [0.05, 0.1) is 30.1 Å². The van der Waals surface area contributed by atoms with Crippen molar-refractivity contribution in [2.45, 2.75) is 31.0 Å². The van der Waals surface area contributed by atoms with E-state index in [1.165, 1.54) is 6.92 Å². The van der Waals surface area contributed by atoms with Crippen LogP contribution >= 0.6 is 0 Å². The summed E-state index contributed by atoms with van der Waals surface area (Å²) in [5.74, 6) is 0.605. The number of nitrogens with one attached hydrogen (secondary N) is 2. The Labute approximate surface area is 185 Å². The number of amides is 2. The van der Waals surface area contributed by atoms with Gasteiger partial charge in [0.2, 0.25) is 5.91 Å². The molecule has 0 radical (unpaired) electrons. The van der Waals surface area contributed by atoms with Gasteiger partial charge >= 0.3 is 6.09 Å². The number of piperidine rings is 1. The molecule has 0 spiro atoms. The maximum absolute atomic E-state index is 12.4. The molecule has 8 heteroatoms. The fourth-order valence-electron chi connectivity index (χ4n) is 5.79. The topological polar surface area (TPSA) is 87.9 Å². The summed E-state index contributed by atoms with van der Waals surface area (Å²) < 4.78 is 5.48. The third kappa shape index (κ3) is 2.61. The zero-order valence-electron chi connectivity index (χ0n) is 17.7. The Morgan fingerprint density at radius 2 is 2.09 bits per heavy atom. The summed E-state index contributed by atoms with van der Waals surface area (Å²) >= 11 is 0. The summed E-state index contributed by atoms with van der Waals surface area (Å²) in [7, 11) is 0. The fraction of sp³-hybridized carbons (Fsp3) is 0.417. The second-order valence-electron chi connectivity index (χ2n) is 9.08. The average Bonchev–Trinajstić information content (AvgIpc) is 3.20. The van der Waals surface area contributed by atoms with Crippen molar-refractivity contribution in [2.24, 2.45) is 11.8 Å². The molecule has 2 saturated heterocycles. The maximum atomic E-state index is 12.4. The molecular weight excluding hydrogens is 406 g/mol. The summed E-state index contributed by atoms with van der Waals surface area (Å²) in [4.78, 5) is 34.1. The SMILES string of the molecule is [C-]#[N+][C@]1(c2ccc(-c3ccc4c(c3)C[C@H]3[C@H](CNC(C)=O)OC(=O)N43)cn2)[C@@H]2CNC[C@@H]21. The van der Waals surface area contributed by atoms with E-state index >= 15 is 0 Å². The van der Waals surface area contributed by atoms with Gasteiger partial charge in [0, 0.05) is 31.8 Å². The van der Waals surface area contributed by atoms with Crippen LogP contribution in [0.3, 0.4) is 0 Å². The van der Waals surface area contributed by atoms with Crippen LogP contribution in [-0.2, 0) is 21.5 Å². The van der Waals surface area contributed by atoms with Crippen molar-refractivity contribution in [1.82, 2.24) is 15.6 Å². The Morgan fingerprint density at radius 1 is 1.31 bits per heavy atom. The second kappa shape index (κ2) is 6.78. The highest BCUT2D eigenvalue weighted by atomic mass is 16.6. The van der Waals surface area contributed by atoms with Crippen LogP contribution in [-0.4, -0.2) is 48.8 Å². The molecule has 32 heavy (non-hydrogen) atoms. The quantitative estimate of drug-likeness (QED) is 0.727. The number of carbonyl (C=O) groups excluding carboxylic acids is 2. The molecular formula is C24H23N5O3. The Bertz CT molecular complexity index is 1160. The van der Waals surface area contributed by atoms with Gasteiger partial charge in [-0.15, -0.1) is 0 Å². The number of ether oxygens (including phenoxy) is 1. The van der Waals surface area contributed by atoms with Crippen LogP contribution in [0.1, 0.15) is 18.2 Å². The first-order valence-electron chi connectivity index (χ1n) is 11.0. The molecule has 2 N–H and O–H groups in total. The molecule has 2 aromatic rings. The Hall–Kier alpha value is -3.44. The molecule has 1 aromatic heterocycles. The highest BCUT2D eigenvalue weighted by Gasteiger charge is 2.76. The Kier molecular flexibility index (Phi) is 4.08. The molecule has 2 amide bonds. The summed E-state index contributed by atoms with van der Waals surface area (Å²) in [5, 5.41) is 6.10. The molecule has 5 atom stereocenters. The first-order chi connectivity index (χ1) is 15.5. The van der Waals surface area contributed by atoms with Gasteiger partial charge in [-0.05, 0) is 35.7 Å². The van der Waals surface area contributed by atoms with Gasteiger partial charge in [-0.2, -0.15) is 0 Å². The van der Waals surface area contributed by atoms with E-state index in [4.69, 9.17) is 16.3 Å². The molecule has 0 unspecified atom stereocenters. The average molecular weight is 429 g/mol. The van der Waals surface area contributed by atoms with Crippen LogP contribution in [0.25, 0.3) is 16.0 Å². The van der Waals surface area contributed by atoms with Gasteiger partial charge in [-0.1, -0.05) is 12.1 Å². The molecule has 4 aliphatic rings. The van der Waals surface area contributed by atoms with Gasteiger partial charge in [0.1, 0.15) is 11.8 Å². The lowest BCUT2D eigenvalue weighted by Gasteiger charge is -2.16. The predicted molar refractivity (Wildman–Crippen MR) is 117 cm³/mol. The molecule has 1 saturated carbocycles. The molecule has 6 rings (SSSR count). The van der Waals surface area contributed by atoms with Crippen LogP contribution < -0.4 is 15.5 Å². The van der Waals surface area contributed by atoms with E-state index in [2.05, 4.69) is 21.5 Å². The zero-order valence-corrected chi connectivity index (χ0v) is 17.7. The van der Waals surface area contributed by atoms with E-state index in [-0.39, 0.29) is 24.1 Å². The molecule has 3 aliphatic heterocycles. The predicted octanol–water partition coefficient (Wildman–Crippen LogP) is 2.10. The lowest BCUT2D eigenvalue weighted by molar-refractivity contribution is -0.119. The first kappa shape index (κ1) is 19.3. The number of nitrogens with zero attached hydrogens (tertiary/aromatic N) is 3. The van der Waals surface area contributed by atoms with Crippen LogP contribution in [0.15, 0.2) is 36.5 Å². The number of aromatic nitrogens is 1. The minimum absolute atomic E-state index is 0.110. The summed E-state index contributed by atoms with van der Waals surface area (Å²) in [6.45, 7) is 11.3. The maximum Gasteiger partial charge on any atom is 0.415 e. The van der Waals surface area contributed by atoms with E-state index in [1.807, 2.05) is 30.5 Å². The van der Waals surface area contributed by atoms with Crippen molar-refractivity contribution >= 4 is 17.7 Å². The fourth-order valence-corrected chi connectivity index (χ4v) is 5.79. The Balaban J connectivity index is 1.24. The van der Waals surface area contributed by atoms with Crippen LogP contribution in [0.2, 0.25) is 0 Å². The number of benzene rings is 1. The number of fused-ring (bicyclic) bond motifs is 4. The number of pyridine rings is 1. The molecule has 162 valence electrons. The lowest BCUT2D eigenvalue weighted by atomic mass is 9.99. The van der Waals surface area contributed by atoms with Gasteiger partial charge in [0.25, 0.3) is 5.54 Å². The monoisotopic (exact) mass is 429 g/mol. The highest BCUT2D eigenvalue weighted by molar-refractivity contribution is 5.94. The zero-order chi connectivity index (χ0) is 22.0. The van der Waals surface area contributed by atoms with Gasteiger partial charge in [-0.25, -0.2) is 11.4 Å². The smallest absolute Gasteiger partial charge is 0.415 e. The van der Waals surface area contributed by atoms with E-state index in [0.717, 1.165) is 41.2 Å². The van der Waals surface area contributed by atoms with E-state index in [1.54, 1.807) is 4.90 Å². The Morgan fingerprint density at radius 3 is 2.78 bits per heavy atom.